The SMILES string of the molecule is N#Cc1cccc(OCCCN2CCC(C(O)C(F)(F)F)CC2)c1. The van der Waals surface area contributed by atoms with Gasteiger partial charge in [0.25, 0.3) is 0 Å². The molecule has 1 unspecified atom stereocenters. The minimum absolute atomic E-state index is 0.353. The fourth-order valence-electron chi connectivity index (χ4n) is 2.89. The molecule has 0 aromatic heterocycles. The molecular formula is C17H21F3N2O2. The molecule has 7 heteroatoms. The zero-order valence-corrected chi connectivity index (χ0v) is 13.3. The number of hydrogen-bond acceptors (Lipinski definition) is 4. The fraction of sp³-hybridized carbons (Fsp3) is 0.588. The maximum absolute atomic E-state index is 12.5. The first-order valence-electron chi connectivity index (χ1n) is 8.00. The normalized spacial score (nSPS) is 18.1. The van der Waals surface area contributed by atoms with E-state index in [0.29, 0.717) is 43.9 Å². The number of ether oxygens (including phenoxy) is 1. The number of hydrogen-bond donors (Lipinski definition) is 1. The molecule has 0 spiro atoms. The van der Waals surface area contributed by atoms with Crippen molar-refractivity contribution in [3.05, 3.63) is 29.8 Å². The topological polar surface area (TPSA) is 56.5 Å². The summed E-state index contributed by atoms with van der Waals surface area (Å²) in [5.41, 5.74) is 0.540. The number of likely N-dealkylation sites (tertiary alicyclic amines) is 1. The number of aliphatic hydroxyl groups excluding tert-OH is 1. The Morgan fingerprint density at radius 3 is 2.67 bits per heavy atom. The highest BCUT2D eigenvalue weighted by atomic mass is 19.4. The molecule has 0 saturated carbocycles. The monoisotopic (exact) mass is 342 g/mol. The number of aliphatic hydroxyl groups is 1. The molecule has 0 aliphatic carbocycles. The van der Waals surface area contributed by atoms with E-state index in [9.17, 15) is 18.3 Å². The molecular weight excluding hydrogens is 321 g/mol. The molecule has 1 heterocycles. The van der Waals surface area contributed by atoms with Gasteiger partial charge >= 0.3 is 6.18 Å². The van der Waals surface area contributed by atoms with Crippen molar-refractivity contribution in [2.75, 3.05) is 26.2 Å². The molecule has 1 N–H and O–H groups in total. The van der Waals surface area contributed by atoms with Crippen molar-refractivity contribution in [3.8, 4) is 11.8 Å². The number of piperidine rings is 1. The van der Waals surface area contributed by atoms with Crippen molar-refractivity contribution >= 4 is 0 Å². The lowest BCUT2D eigenvalue weighted by Gasteiger charge is -2.34. The van der Waals surface area contributed by atoms with Crippen molar-refractivity contribution < 1.29 is 23.0 Å². The van der Waals surface area contributed by atoms with Crippen molar-refractivity contribution in [2.24, 2.45) is 5.92 Å². The van der Waals surface area contributed by atoms with Gasteiger partial charge in [0.05, 0.1) is 18.2 Å². The standard InChI is InChI=1S/C17H21F3N2O2/c18-17(19,20)16(23)14-5-8-22(9-6-14)7-2-10-24-15-4-1-3-13(11-15)12-21/h1,3-4,11,14,16,23H,2,5-10H2. The predicted octanol–water partition coefficient (Wildman–Crippen LogP) is 2.96. The molecule has 0 radical (unpaired) electrons. The molecule has 1 aliphatic rings. The largest absolute Gasteiger partial charge is 0.494 e. The maximum Gasteiger partial charge on any atom is 0.414 e. The Morgan fingerprint density at radius 2 is 2.04 bits per heavy atom. The van der Waals surface area contributed by atoms with Crippen LogP contribution in [-0.2, 0) is 0 Å². The van der Waals surface area contributed by atoms with E-state index in [1.54, 1.807) is 24.3 Å². The summed E-state index contributed by atoms with van der Waals surface area (Å²) in [4.78, 5) is 2.09. The van der Waals surface area contributed by atoms with Gasteiger partial charge in [0.1, 0.15) is 5.75 Å². The quantitative estimate of drug-likeness (QED) is 0.808. The minimum atomic E-state index is -4.53. The molecule has 4 nitrogen and oxygen atoms in total. The van der Waals surface area contributed by atoms with Gasteiger partial charge in [-0.25, -0.2) is 0 Å². The van der Waals surface area contributed by atoms with Gasteiger partial charge in [0.2, 0.25) is 0 Å². The first-order chi connectivity index (χ1) is 11.4. The first kappa shape index (κ1) is 18.6. The molecule has 1 aliphatic heterocycles. The fourth-order valence-corrected chi connectivity index (χ4v) is 2.89. The Labute approximate surface area is 139 Å². The van der Waals surface area contributed by atoms with Crippen LogP contribution in [0.3, 0.4) is 0 Å². The number of halogens is 3. The van der Waals surface area contributed by atoms with Crippen molar-refractivity contribution in [3.63, 3.8) is 0 Å². The number of nitriles is 1. The van der Waals surface area contributed by atoms with Gasteiger partial charge in [-0.1, -0.05) is 6.07 Å². The lowest BCUT2D eigenvalue weighted by atomic mass is 9.91. The summed E-state index contributed by atoms with van der Waals surface area (Å²) in [6.07, 6.45) is -5.28. The minimum Gasteiger partial charge on any atom is -0.494 e. The Hall–Kier alpha value is -1.78. The molecule has 1 aromatic carbocycles. The molecule has 1 atom stereocenters. The summed E-state index contributed by atoms with van der Waals surface area (Å²) in [6.45, 7) is 2.34. The molecule has 0 amide bonds. The zero-order valence-electron chi connectivity index (χ0n) is 13.3. The Bertz CT molecular complexity index is 564. The van der Waals surface area contributed by atoms with E-state index in [4.69, 9.17) is 10.00 Å². The molecule has 132 valence electrons. The van der Waals surface area contributed by atoms with Gasteiger partial charge < -0.3 is 14.7 Å². The van der Waals surface area contributed by atoms with Crippen LogP contribution in [0.2, 0.25) is 0 Å². The molecule has 1 fully saturated rings. The average Bonchev–Trinajstić information content (AvgIpc) is 2.58. The smallest absolute Gasteiger partial charge is 0.414 e. The second-order valence-corrected chi connectivity index (χ2v) is 6.01. The lowest BCUT2D eigenvalue weighted by Crippen LogP contribution is -2.43. The third-order valence-electron chi connectivity index (χ3n) is 4.26. The molecule has 24 heavy (non-hydrogen) atoms. The van der Waals surface area contributed by atoms with Crippen molar-refractivity contribution in [1.29, 1.82) is 5.26 Å². The summed E-state index contributed by atoms with van der Waals surface area (Å²) < 4.78 is 43.1. The van der Waals surface area contributed by atoms with Gasteiger partial charge in [0.15, 0.2) is 6.10 Å². The number of rotatable bonds is 6. The Kier molecular flexibility index (Phi) is 6.46. The van der Waals surface area contributed by atoms with Gasteiger partial charge in [-0.05, 0) is 56.5 Å². The van der Waals surface area contributed by atoms with E-state index >= 15 is 0 Å². The lowest BCUT2D eigenvalue weighted by molar-refractivity contribution is -0.223. The number of benzene rings is 1. The predicted molar refractivity (Wildman–Crippen MR) is 82.5 cm³/mol. The van der Waals surface area contributed by atoms with E-state index in [1.807, 2.05) is 6.07 Å². The maximum atomic E-state index is 12.5. The molecule has 1 saturated heterocycles. The van der Waals surface area contributed by atoms with Crippen LogP contribution in [0.1, 0.15) is 24.8 Å². The average molecular weight is 342 g/mol. The van der Waals surface area contributed by atoms with Crippen LogP contribution in [0.25, 0.3) is 0 Å². The number of nitrogens with zero attached hydrogens (tertiary/aromatic N) is 2. The third kappa shape index (κ3) is 5.39. The summed E-state index contributed by atoms with van der Waals surface area (Å²) in [7, 11) is 0. The van der Waals surface area contributed by atoms with Crippen LogP contribution in [-0.4, -0.2) is 48.5 Å². The van der Waals surface area contributed by atoms with Gasteiger partial charge in [-0.3, -0.25) is 0 Å². The summed E-state index contributed by atoms with van der Waals surface area (Å²) in [5, 5.41) is 18.1. The second kappa shape index (κ2) is 8.36. The highest BCUT2D eigenvalue weighted by molar-refractivity contribution is 5.36. The van der Waals surface area contributed by atoms with E-state index in [-0.39, 0.29) is 0 Å². The molecule has 1 aromatic rings. The molecule has 0 bridgehead atoms. The second-order valence-electron chi connectivity index (χ2n) is 6.01. The van der Waals surface area contributed by atoms with Crippen LogP contribution in [0.5, 0.6) is 5.75 Å². The highest BCUT2D eigenvalue weighted by Gasteiger charge is 2.44. The molecule has 2 rings (SSSR count). The van der Waals surface area contributed by atoms with Crippen molar-refractivity contribution in [1.82, 2.24) is 4.90 Å². The summed E-state index contributed by atoms with van der Waals surface area (Å²) in [5.74, 6) is -0.0627. The highest BCUT2D eigenvalue weighted by Crippen LogP contribution is 2.31. The van der Waals surface area contributed by atoms with Crippen LogP contribution in [0.4, 0.5) is 13.2 Å². The van der Waals surface area contributed by atoms with E-state index < -0.39 is 18.2 Å². The zero-order chi connectivity index (χ0) is 17.6. The first-order valence-corrected chi connectivity index (χ1v) is 8.00. The number of alkyl halides is 3. The van der Waals surface area contributed by atoms with Crippen LogP contribution in [0, 0.1) is 17.2 Å². The van der Waals surface area contributed by atoms with Gasteiger partial charge in [-0.15, -0.1) is 0 Å². The van der Waals surface area contributed by atoms with Crippen LogP contribution >= 0.6 is 0 Å². The van der Waals surface area contributed by atoms with E-state index in [1.165, 1.54) is 0 Å². The third-order valence-corrected chi connectivity index (χ3v) is 4.26. The van der Waals surface area contributed by atoms with Crippen LogP contribution in [0.15, 0.2) is 24.3 Å². The van der Waals surface area contributed by atoms with Gasteiger partial charge in [-0.2, -0.15) is 18.4 Å². The summed E-state index contributed by atoms with van der Waals surface area (Å²) >= 11 is 0. The Balaban J connectivity index is 1.65. The Morgan fingerprint density at radius 1 is 1.33 bits per heavy atom. The van der Waals surface area contributed by atoms with Gasteiger partial charge in [0, 0.05) is 6.54 Å². The summed E-state index contributed by atoms with van der Waals surface area (Å²) in [6, 6.07) is 8.95. The van der Waals surface area contributed by atoms with Crippen LogP contribution < -0.4 is 4.74 Å². The van der Waals surface area contributed by atoms with Crippen molar-refractivity contribution in [2.45, 2.75) is 31.5 Å². The van der Waals surface area contributed by atoms with E-state index in [2.05, 4.69) is 4.90 Å². The van der Waals surface area contributed by atoms with E-state index in [0.717, 1.165) is 13.0 Å².